The summed E-state index contributed by atoms with van der Waals surface area (Å²) >= 11 is 11.7. The molecule has 5 heteroatoms. The first-order valence-electron chi connectivity index (χ1n) is 8.51. The lowest BCUT2D eigenvalue weighted by Crippen LogP contribution is -2.20. The summed E-state index contributed by atoms with van der Waals surface area (Å²) < 4.78 is 14.1. The van der Waals surface area contributed by atoms with Crippen molar-refractivity contribution in [1.82, 2.24) is 0 Å². The molecular formula is C20H20Cl2FNO. The van der Waals surface area contributed by atoms with E-state index in [4.69, 9.17) is 23.2 Å². The van der Waals surface area contributed by atoms with E-state index in [1.54, 1.807) is 36.4 Å². The molecule has 1 aliphatic rings. The highest BCUT2D eigenvalue weighted by molar-refractivity contribution is 6.30. The SMILES string of the molecule is O=C(C[C@H]1CC[C@@H](c2ccc(Cl)cc2F)CC1)Nc1ccc(Cl)cc1. The number of anilines is 1. The molecule has 0 unspecified atom stereocenters. The van der Waals surface area contributed by atoms with Crippen LogP contribution >= 0.6 is 23.2 Å². The number of carbonyl (C=O) groups excluding carboxylic acids is 1. The van der Waals surface area contributed by atoms with Crippen LogP contribution < -0.4 is 5.32 Å². The number of rotatable bonds is 4. The van der Waals surface area contributed by atoms with E-state index in [1.807, 2.05) is 0 Å². The smallest absolute Gasteiger partial charge is 0.224 e. The Morgan fingerprint density at radius 2 is 1.64 bits per heavy atom. The van der Waals surface area contributed by atoms with Crippen LogP contribution in [-0.4, -0.2) is 5.91 Å². The van der Waals surface area contributed by atoms with E-state index in [2.05, 4.69) is 5.32 Å². The summed E-state index contributed by atoms with van der Waals surface area (Å²) in [6.07, 6.45) is 4.16. The minimum atomic E-state index is -0.226. The molecule has 25 heavy (non-hydrogen) atoms. The lowest BCUT2D eigenvalue weighted by molar-refractivity contribution is -0.117. The van der Waals surface area contributed by atoms with Gasteiger partial charge in [0.05, 0.1) is 0 Å². The van der Waals surface area contributed by atoms with Gasteiger partial charge in [0.25, 0.3) is 0 Å². The average Bonchev–Trinajstić information content (AvgIpc) is 2.58. The Balaban J connectivity index is 1.50. The average molecular weight is 380 g/mol. The summed E-state index contributed by atoms with van der Waals surface area (Å²) in [7, 11) is 0. The van der Waals surface area contributed by atoms with Crippen molar-refractivity contribution in [2.75, 3.05) is 5.32 Å². The van der Waals surface area contributed by atoms with Crippen LogP contribution in [0.3, 0.4) is 0 Å². The number of benzene rings is 2. The van der Waals surface area contributed by atoms with Crippen molar-refractivity contribution in [1.29, 1.82) is 0 Å². The first-order chi connectivity index (χ1) is 12.0. The second-order valence-corrected chi connectivity index (χ2v) is 7.52. The molecule has 132 valence electrons. The van der Waals surface area contributed by atoms with Gasteiger partial charge in [-0.15, -0.1) is 0 Å². The number of nitrogens with one attached hydrogen (secondary N) is 1. The van der Waals surface area contributed by atoms with E-state index < -0.39 is 0 Å². The Morgan fingerprint density at radius 1 is 1.00 bits per heavy atom. The van der Waals surface area contributed by atoms with Crippen LogP contribution in [-0.2, 0) is 4.79 Å². The predicted molar refractivity (Wildman–Crippen MR) is 101 cm³/mol. The summed E-state index contributed by atoms with van der Waals surface area (Å²) in [6, 6.07) is 12.0. The summed E-state index contributed by atoms with van der Waals surface area (Å²) in [5.41, 5.74) is 1.50. The van der Waals surface area contributed by atoms with Crippen LogP contribution in [0.2, 0.25) is 10.0 Å². The van der Waals surface area contributed by atoms with E-state index in [-0.39, 0.29) is 17.6 Å². The maximum atomic E-state index is 14.1. The summed E-state index contributed by atoms with van der Waals surface area (Å²) in [4.78, 5) is 12.2. The fourth-order valence-corrected chi connectivity index (χ4v) is 3.80. The number of hydrogen-bond donors (Lipinski definition) is 1. The Kier molecular flexibility index (Phi) is 5.98. The van der Waals surface area contributed by atoms with Crippen molar-refractivity contribution < 1.29 is 9.18 Å². The van der Waals surface area contributed by atoms with Gasteiger partial charge in [0.2, 0.25) is 5.91 Å². The minimum Gasteiger partial charge on any atom is -0.326 e. The highest BCUT2D eigenvalue weighted by Gasteiger charge is 2.25. The Labute approximate surface area is 157 Å². The van der Waals surface area contributed by atoms with Gasteiger partial charge in [-0.05, 0) is 79.5 Å². The van der Waals surface area contributed by atoms with Crippen molar-refractivity contribution in [2.24, 2.45) is 5.92 Å². The molecule has 0 spiro atoms. The van der Waals surface area contributed by atoms with Gasteiger partial charge in [-0.3, -0.25) is 4.79 Å². The normalized spacial score (nSPS) is 20.3. The molecule has 0 bridgehead atoms. The molecule has 1 fully saturated rings. The van der Waals surface area contributed by atoms with Crippen LogP contribution in [0, 0.1) is 11.7 Å². The van der Waals surface area contributed by atoms with Crippen molar-refractivity contribution in [3.8, 4) is 0 Å². The lowest BCUT2D eigenvalue weighted by atomic mass is 9.77. The molecule has 0 aliphatic heterocycles. The quantitative estimate of drug-likeness (QED) is 0.650. The zero-order chi connectivity index (χ0) is 17.8. The number of amides is 1. The highest BCUT2D eigenvalue weighted by Crippen LogP contribution is 2.38. The number of carbonyl (C=O) groups is 1. The van der Waals surface area contributed by atoms with E-state index in [9.17, 15) is 9.18 Å². The molecule has 2 aromatic rings. The molecule has 0 heterocycles. The van der Waals surface area contributed by atoms with Crippen molar-refractivity contribution in [2.45, 2.75) is 38.0 Å². The van der Waals surface area contributed by atoms with Gasteiger partial charge in [0.15, 0.2) is 0 Å². The van der Waals surface area contributed by atoms with Crippen molar-refractivity contribution in [3.63, 3.8) is 0 Å². The Hall–Kier alpha value is -1.58. The molecule has 1 aliphatic carbocycles. The van der Waals surface area contributed by atoms with Crippen LogP contribution in [0.4, 0.5) is 10.1 Å². The predicted octanol–water partition coefficient (Wildman–Crippen LogP) is 6.44. The van der Waals surface area contributed by atoms with Crippen molar-refractivity contribution in [3.05, 3.63) is 63.9 Å². The minimum absolute atomic E-state index is 0.0171. The molecule has 1 saturated carbocycles. The molecule has 2 aromatic carbocycles. The van der Waals surface area contributed by atoms with E-state index in [1.165, 1.54) is 6.07 Å². The van der Waals surface area contributed by atoms with Crippen LogP contribution in [0.1, 0.15) is 43.6 Å². The van der Waals surface area contributed by atoms with Gasteiger partial charge in [0.1, 0.15) is 5.82 Å². The molecule has 0 saturated heterocycles. The Morgan fingerprint density at radius 3 is 2.28 bits per heavy atom. The van der Waals surface area contributed by atoms with E-state index >= 15 is 0 Å². The summed E-state index contributed by atoms with van der Waals surface area (Å²) in [5, 5.41) is 3.97. The van der Waals surface area contributed by atoms with Gasteiger partial charge in [-0.2, -0.15) is 0 Å². The monoisotopic (exact) mass is 379 g/mol. The van der Waals surface area contributed by atoms with E-state index in [0.717, 1.165) is 36.9 Å². The van der Waals surface area contributed by atoms with Crippen LogP contribution in [0.15, 0.2) is 42.5 Å². The molecule has 0 aromatic heterocycles. The van der Waals surface area contributed by atoms with Gasteiger partial charge in [0, 0.05) is 22.2 Å². The fourth-order valence-electron chi connectivity index (χ4n) is 3.52. The third-order valence-electron chi connectivity index (χ3n) is 4.85. The van der Waals surface area contributed by atoms with Gasteiger partial charge >= 0.3 is 0 Å². The number of halogens is 3. The summed E-state index contributed by atoms with van der Waals surface area (Å²) in [6.45, 7) is 0. The molecular weight excluding hydrogens is 360 g/mol. The first kappa shape index (κ1) is 18.2. The largest absolute Gasteiger partial charge is 0.326 e. The molecule has 1 amide bonds. The maximum absolute atomic E-state index is 14.1. The molecule has 0 radical (unpaired) electrons. The van der Waals surface area contributed by atoms with Gasteiger partial charge in [-0.1, -0.05) is 29.3 Å². The Bertz CT molecular complexity index is 740. The number of hydrogen-bond acceptors (Lipinski definition) is 1. The molecule has 1 N–H and O–H groups in total. The zero-order valence-electron chi connectivity index (χ0n) is 13.8. The topological polar surface area (TPSA) is 29.1 Å². The molecule has 0 atom stereocenters. The molecule has 3 rings (SSSR count). The second-order valence-electron chi connectivity index (χ2n) is 6.64. The maximum Gasteiger partial charge on any atom is 0.224 e. The molecule has 2 nitrogen and oxygen atoms in total. The second kappa shape index (κ2) is 8.20. The van der Waals surface area contributed by atoms with Crippen LogP contribution in [0.25, 0.3) is 0 Å². The van der Waals surface area contributed by atoms with Gasteiger partial charge in [-0.25, -0.2) is 4.39 Å². The third-order valence-corrected chi connectivity index (χ3v) is 5.34. The van der Waals surface area contributed by atoms with E-state index in [0.29, 0.717) is 22.4 Å². The summed E-state index contributed by atoms with van der Waals surface area (Å²) in [5.74, 6) is 0.353. The zero-order valence-corrected chi connectivity index (χ0v) is 15.3. The van der Waals surface area contributed by atoms with Crippen LogP contribution in [0.5, 0.6) is 0 Å². The van der Waals surface area contributed by atoms with Gasteiger partial charge < -0.3 is 5.32 Å². The standard InChI is InChI=1S/C20H20Cl2FNO/c21-15-5-8-17(9-6-15)24-20(25)11-13-1-3-14(4-2-13)18-10-7-16(22)12-19(18)23/h5-10,12-14H,1-4,11H2,(H,24,25)/t13-,14+. The third kappa shape index (κ3) is 4.96. The first-order valence-corrected chi connectivity index (χ1v) is 9.27. The fraction of sp³-hybridized carbons (Fsp3) is 0.350. The van der Waals surface area contributed by atoms with Crippen molar-refractivity contribution >= 4 is 34.8 Å². The highest BCUT2D eigenvalue weighted by atomic mass is 35.5. The lowest BCUT2D eigenvalue weighted by Gasteiger charge is -2.28.